The molecule has 0 aromatic heterocycles. The van der Waals surface area contributed by atoms with Crippen LogP contribution in [-0.2, 0) is 20.8 Å². The number of hydrogen-bond donors (Lipinski definition) is 3. The summed E-state index contributed by atoms with van der Waals surface area (Å²) in [4.78, 5) is 35.4. The van der Waals surface area contributed by atoms with Crippen LogP contribution in [0.15, 0.2) is 30.3 Å². The number of amides is 2. The van der Waals surface area contributed by atoms with E-state index < -0.39 is 24.0 Å². The normalized spacial score (nSPS) is 13.7. The topological polar surface area (TPSA) is 95.5 Å². The van der Waals surface area contributed by atoms with E-state index in [0.29, 0.717) is 0 Å². The first kappa shape index (κ1) is 19.7. The molecule has 0 aliphatic rings. The minimum absolute atomic E-state index is 0.183. The van der Waals surface area contributed by atoms with Crippen LogP contribution >= 0.6 is 0 Å². The molecule has 132 valence electrons. The molecule has 2 atom stereocenters. The van der Waals surface area contributed by atoms with E-state index in [1.807, 2.05) is 39.0 Å². The lowest BCUT2D eigenvalue weighted by Gasteiger charge is -2.21. The Bertz CT molecular complexity index is 578. The summed E-state index contributed by atoms with van der Waals surface area (Å²) in [6.45, 7) is 7.32. The molecule has 1 unspecified atom stereocenters. The van der Waals surface area contributed by atoms with Gasteiger partial charge in [-0.25, -0.2) is 4.79 Å². The molecule has 6 heteroatoms. The van der Waals surface area contributed by atoms with Gasteiger partial charge in [0.25, 0.3) is 0 Å². The molecule has 0 heterocycles. The summed E-state index contributed by atoms with van der Waals surface area (Å²) >= 11 is 0. The molecular formula is C18H26N2O4. The largest absolute Gasteiger partial charge is 0.480 e. The van der Waals surface area contributed by atoms with Crippen LogP contribution in [0.5, 0.6) is 0 Å². The Labute approximate surface area is 142 Å². The van der Waals surface area contributed by atoms with Gasteiger partial charge in [-0.15, -0.1) is 0 Å². The fraction of sp³-hybridized carbons (Fsp3) is 0.500. The quantitative estimate of drug-likeness (QED) is 0.708. The summed E-state index contributed by atoms with van der Waals surface area (Å²) in [6, 6.07) is 7.23. The van der Waals surface area contributed by atoms with Gasteiger partial charge in [-0.05, 0) is 17.9 Å². The van der Waals surface area contributed by atoms with Gasteiger partial charge in [-0.3, -0.25) is 9.59 Å². The molecule has 0 saturated carbocycles. The summed E-state index contributed by atoms with van der Waals surface area (Å²) in [5.41, 5.74) is 0.631. The van der Waals surface area contributed by atoms with Crippen LogP contribution in [0.3, 0.4) is 0 Å². The van der Waals surface area contributed by atoms with Crippen molar-refractivity contribution in [3.8, 4) is 0 Å². The molecule has 0 fully saturated rings. The van der Waals surface area contributed by atoms with Crippen molar-refractivity contribution in [3.63, 3.8) is 0 Å². The Hall–Kier alpha value is -2.37. The number of aliphatic carboxylic acids is 1. The molecule has 1 aromatic rings. The Kier molecular flexibility index (Phi) is 6.95. The molecule has 3 N–H and O–H groups in total. The summed E-state index contributed by atoms with van der Waals surface area (Å²) < 4.78 is 0. The van der Waals surface area contributed by atoms with Crippen molar-refractivity contribution in [3.05, 3.63) is 35.9 Å². The monoisotopic (exact) mass is 334 g/mol. The number of carbonyl (C=O) groups excluding carboxylic acids is 2. The lowest BCUT2D eigenvalue weighted by atomic mass is 9.92. The van der Waals surface area contributed by atoms with E-state index in [-0.39, 0.29) is 24.2 Å². The molecule has 24 heavy (non-hydrogen) atoms. The van der Waals surface area contributed by atoms with E-state index in [1.165, 1.54) is 6.92 Å². The fourth-order valence-corrected chi connectivity index (χ4v) is 2.19. The maximum atomic E-state index is 12.2. The molecule has 0 spiro atoms. The summed E-state index contributed by atoms with van der Waals surface area (Å²) in [5, 5.41) is 14.4. The third-order valence-electron chi connectivity index (χ3n) is 3.36. The van der Waals surface area contributed by atoms with E-state index in [1.54, 1.807) is 12.1 Å². The zero-order valence-electron chi connectivity index (χ0n) is 14.6. The van der Waals surface area contributed by atoms with Crippen LogP contribution in [-0.4, -0.2) is 35.0 Å². The second-order valence-electron chi connectivity index (χ2n) is 7.12. The van der Waals surface area contributed by atoms with Gasteiger partial charge in [0.1, 0.15) is 12.1 Å². The van der Waals surface area contributed by atoms with Crippen LogP contribution in [0.1, 0.15) is 39.7 Å². The van der Waals surface area contributed by atoms with Crippen molar-refractivity contribution in [2.75, 3.05) is 0 Å². The maximum Gasteiger partial charge on any atom is 0.326 e. The van der Waals surface area contributed by atoms with Gasteiger partial charge in [-0.2, -0.15) is 0 Å². The van der Waals surface area contributed by atoms with Crippen molar-refractivity contribution in [1.82, 2.24) is 10.6 Å². The van der Waals surface area contributed by atoms with E-state index in [9.17, 15) is 19.5 Å². The second-order valence-corrected chi connectivity index (χ2v) is 7.12. The summed E-state index contributed by atoms with van der Waals surface area (Å²) in [5.74, 6) is -1.86. The molecule has 0 radical (unpaired) electrons. The van der Waals surface area contributed by atoms with Gasteiger partial charge in [0, 0.05) is 12.8 Å². The van der Waals surface area contributed by atoms with Crippen molar-refractivity contribution in [1.29, 1.82) is 0 Å². The third kappa shape index (κ3) is 7.26. The lowest BCUT2D eigenvalue weighted by Crippen LogP contribution is -2.51. The highest BCUT2D eigenvalue weighted by Gasteiger charge is 2.25. The van der Waals surface area contributed by atoms with Gasteiger partial charge >= 0.3 is 5.97 Å². The molecule has 0 bridgehead atoms. The SMILES string of the molecule is CC(NC(=O)CC(C)(C)C)C(=O)N[C@H](Cc1ccccc1)C(=O)O. The zero-order valence-corrected chi connectivity index (χ0v) is 14.6. The van der Waals surface area contributed by atoms with Gasteiger partial charge in [0.15, 0.2) is 0 Å². The van der Waals surface area contributed by atoms with Crippen molar-refractivity contribution in [2.24, 2.45) is 5.41 Å². The van der Waals surface area contributed by atoms with E-state index >= 15 is 0 Å². The van der Waals surface area contributed by atoms with Crippen LogP contribution in [0.25, 0.3) is 0 Å². The predicted octanol–water partition coefficient (Wildman–Crippen LogP) is 1.74. The molecular weight excluding hydrogens is 308 g/mol. The lowest BCUT2D eigenvalue weighted by molar-refractivity contribution is -0.142. The van der Waals surface area contributed by atoms with E-state index in [2.05, 4.69) is 10.6 Å². The van der Waals surface area contributed by atoms with Gasteiger partial charge in [0.2, 0.25) is 11.8 Å². The number of benzene rings is 1. The first-order valence-electron chi connectivity index (χ1n) is 7.95. The van der Waals surface area contributed by atoms with Crippen molar-refractivity contribution in [2.45, 2.75) is 52.6 Å². The first-order chi connectivity index (χ1) is 11.1. The van der Waals surface area contributed by atoms with E-state index in [4.69, 9.17) is 0 Å². The first-order valence-corrected chi connectivity index (χ1v) is 7.95. The van der Waals surface area contributed by atoms with Crippen LogP contribution < -0.4 is 10.6 Å². The second kappa shape index (κ2) is 8.47. The number of carboxylic acid groups (broad SMARTS) is 1. The van der Waals surface area contributed by atoms with Gasteiger partial charge in [0.05, 0.1) is 0 Å². The molecule has 0 aliphatic carbocycles. The zero-order chi connectivity index (χ0) is 18.3. The molecule has 0 saturated heterocycles. The van der Waals surface area contributed by atoms with Crippen LogP contribution in [0.4, 0.5) is 0 Å². The number of rotatable bonds is 7. The molecule has 6 nitrogen and oxygen atoms in total. The van der Waals surface area contributed by atoms with Gasteiger partial charge in [-0.1, -0.05) is 51.1 Å². The Morgan fingerprint density at radius 3 is 2.17 bits per heavy atom. The Balaban J connectivity index is 2.61. The minimum atomic E-state index is -1.11. The highest BCUT2D eigenvalue weighted by molar-refractivity contribution is 5.90. The van der Waals surface area contributed by atoms with Crippen molar-refractivity contribution >= 4 is 17.8 Å². The molecule has 1 rings (SSSR count). The third-order valence-corrected chi connectivity index (χ3v) is 3.36. The Morgan fingerprint density at radius 2 is 1.67 bits per heavy atom. The summed E-state index contributed by atoms with van der Waals surface area (Å²) in [7, 11) is 0. The number of nitrogens with one attached hydrogen (secondary N) is 2. The van der Waals surface area contributed by atoms with E-state index in [0.717, 1.165) is 5.56 Å². The fourth-order valence-electron chi connectivity index (χ4n) is 2.19. The van der Waals surface area contributed by atoms with Gasteiger partial charge < -0.3 is 15.7 Å². The maximum absolute atomic E-state index is 12.2. The summed E-state index contributed by atoms with van der Waals surface area (Å²) in [6.07, 6.45) is 0.474. The number of hydrogen-bond acceptors (Lipinski definition) is 3. The number of carbonyl (C=O) groups is 3. The van der Waals surface area contributed by atoms with Crippen LogP contribution in [0, 0.1) is 5.41 Å². The highest BCUT2D eigenvalue weighted by Crippen LogP contribution is 2.17. The highest BCUT2D eigenvalue weighted by atomic mass is 16.4. The average Bonchev–Trinajstić information content (AvgIpc) is 2.45. The average molecular weight is 334 g/mol. The number of carboxylic acids is 1. The van der Waals surface area contributed by atoms with Crippen molar-refractivity contribution < 1.29 is 19.5 Å². The predicted molar refractivity (Wildman–Crippen MR) is 91.4 cm³/mol. The Morgan fingerprint density at radius 1 is 1.08 bits per heavy atom. The van der Waals surface area contributed by atoms with Crippen LogP contribution in [0.2, 0.25) is 0 Å². The minimum Gasteiger partial charge on any atom is -0.480 e. The molecule has 1 aromatic carbocycles. The molecule has 2 amide bonds. The molecule has 0 aliphatic heterocycles. The standard InChI is InChI=1S/C18H26N2O4/c1-12(19-15(21)11-18(2,3)4)16(22)20-14(17(23)24)10-13-8-6-5-7-9-13/h5-9,12,14H,10-11H2,1-4H3,(H,19,21)(H,20,22)(H,23,24)/t12?,14-/m1/s1. The smallest absolute Gasteiger partial charge is 0.326 e.